The highest BCUT2D eigenvalue weighted by Crippen LogP contribution is 2.45. The highest BCUT2D eigenvalue weighted by molar-refractivity contribution is 7.47. The van der Waals surface area contributed by atoms with Gasteiger partial charge in [0.15, 0.2) is 6.10 Å². The predicted molar refractivity (Wildman–Crippen MR) is 417 cm³/mol. The van der Waals surface area contributed by atoms with Crippen molar-refractivity contribution in [3.05, 3.63) is 109 Å². The lowest BCUT2D eigenvalue weighted by atomic mass is 10.0. The minimum Gasteiger partial charge on any atom is -0.463 e. The van der Waals surface area contributed by atoms with Crippen molar-refractivity contribution in [3.63, 3.8) is 0 Å². The lowest BCUT2D eigenvalue weighted by Crippen LogP contribution is -2.30. The first-order valence-corrected chi connectivity index (χ1v) is 43.2. The Kier molecular flexibility index (Phi) is 73.0. The molecular weight excluding hydrogens is 1310 g/mol. The molecule has 0 aliphatic rings. The van der Waals surface area contributed by atoms with Crippen LogP contribution in [-0.4, -0.2) is 95.9 Å². The molecule has 0 aromatic carbocycles. The molecule has 0 aliphatic carbocycles. The van der Waals surface area contributed by atoms with Gasteiger partial charge in [-0.2, -0.15) is 0 Å². The van der Waals surface area contributed by atoms with E-state index in [9.17, 15) is 43.5 Å². The topological polar surface area (TPSA) is 231 Å². The third-order valence-electron chi connectivity index (χ3n) is 17.0. The summed E-state index contributed by atoms with van der Waals surface area (Å²) >= 11 is 0. The quantitative estimate of drug-likeness (QED) is 0.0146. The number of hydrogen-bond donors (Lipinski definition) is 4. The summed E-state index contributed by atoms with van der Waals surface area (Å²) in [7, 11) is -9.79. The normalized spacial score (nSPS) is 14.6. The van der Waals surface area contributed by atoms with Crippen LogP contribution in [-0.2, 0) is 55.8 Å². The average molecular weight is 1460 g/mol. The molecule has 0 bridgehead atoms. The fourth-order valence-corrected chi connectivity index (χ4v) is 12.4. The van der Waals surface area contributed by atoms with Gasteiger partial charge in [-0.15, -0.1) is 0 Å². The number of aliphatic hydroxyl groups excluding tert-OH is 2. The number of carbonyl (C=O) groups excluding carboxylic acids is 3. The van der Waals surface area contributed by atoms with Crippen LogP contribution in [0.1, 0.15) is 342 Å². The van der Waals surface area contributed by atoms with Crippen LogP contribution in [0.4, 0.5) is 0 Å². The summed E-state index contributed by atoms with van der Waals surface area (Å²) in [6, 6.07) is 0. The second-order valence-corrected chi connectivity index (χ2v) is 29.7. The van der Waals surface area contributed by atoms with E-state index in [4.69, 9.17) is 32.3 Å². The van der Waals surface area contributed by atoms with Gasteiger partial charge < -0.3 is 34.2 Å². The molecule has 584 valence electrons. The van der Waals surface area contributed by atoms with Crippen molar-refractivity contribution in [2.24, 2.45) is 0 Å². The highest BCUT2D eigenvalue weighted by atomic mass is 31.2. The highest BCUT2D eigenvalue weighted by Gasteiger charge is 2.29. The summed E-state index contributed by atoms with van der Waals surface area (Å²) in [5.41, 5.74) is 0. The number of carbonyl (C=O) groups is 3. The van der Waals surface area contributed by atoms with Crippen molar-refractivity contribution in [2.75, 3.05) is 39.6 Å². The molecule has 0 saturated heterocycles. The monoisotopic (exact) mass is 1460 g/mol. The molecule has 0 aliphatic heterocycles. The van der Waals surface area contributed by atoms with E-state index in [1.807, 2.05) is 0 Å². The predicted octanol–water partition coefficient (Wildman–Crippen LogP) is 23.5. The first-order valence-electron chi connectivity index (χ1n) is 40.2. The number of phosphoric ester groups is 2. The summed E-state index contributed by atoms with van der Waals surface area (Å²) in [5, 5.41) is 20.6. The van der Waals surface area contributed by atoms with Crippen LogP contribution in [0, 0.1) is 0 Å². The first-order chi connectivity index (χ1) is 49.2. The lowest BCUT2D eigenvalue weighted by molar-refractivity contribution is -0.161. The van der Waals surface area contributed by atoms with Gasteiger partial charge in [-0.3, -0.25) is 32.5 Å². The number of allylic oxidation sites excluding steroid dienone is 18. The molecule has 0 aromatic rings. The molecule has 0 fully saturated rings. The van der Waals surface area contributed by atoms with E-state index in [1.165, 1.54) is 154 Å². The van der Waals surface area contributed by atoms with Gasteiger partial charge >= 0.3 is 33.6 Å². The Balaban J connectivity index is 4.42. The maximum Gasteiger partial charge on any atom is 0.472 e. The fourth-order valence-electron chi connectivity index (χ4n) is 10.8. The Morgan fingerprint density at radius 2 is 0.525 bits per heavy atom. The van der Waals surface area contributed by atoms with E-state index in [0.717, 1.165) is 128 Å². The van der Waals surface area contributed by atoms with Crippen molar-refractivity contribution in [1.82, 2.24) is 0 Å². The molecule has 0 rings (SSSR count). The zero-order chi connectivity index (χ0) is 73.7. The van der Waals surface area contributed by atoms with Gasteiger partial charge in [-0.05, 0) is 128 Å². The maximum absolute atomic E-state index is 12.9. The van der Waals surface area contributed by atoms with Gasteiger partial charge in [0.2, 0.25) is 0 Å². The van der Waals surface area contributed by atoms with E-state index in [2.05, 4.69) is 130 Å². The summed E-state index contributed by atoms with van der Waals surface area (Å²) in [6.07, 6.45) is 88.7. The van der Waals surface area contributed by atoms with Crippen LogP contribution in [0.3, 0.4) is 0 Å². The van der Waals surface area contributed by atoms with Crippen molar-refractivity contribution in [2.45, 2.75) is 360 Å². The molecule has 0 saturated carbocycles. The Hall–Kier alpha value is -3.79. The minimum absolute atomic E-state index is 0.0888. The third kappa shape index (κ3) is 77.1. The molecule has 5 unspecified atom stereocenters. The van der Waals surface area contributed by atoms with Crippen molar-refractivity contribution < 1.29 is 75.8 Å². The van der Waals surface area contributed by atoms with Crippen LogP contribution >= 0.6 is 15.6 Å². The van der Waals surface area contributed by atoms with Gasteiger partial charge in [0.1, 0.15) is 25.4 Å². The molecule has 0 heterocycles. The van der Waals surface area contributed by atoms with Gasteiger partial charge in [-0.1, -0.05) is 304 Å². The lowest BCUT2D eigenvalue weighted by Gasteiger charge is -2.21. The zero-order valence-electron chi connectivity index (χ0n) is 63.8. The van der Waals surface area contributed by atoms with Crippen molar-refractivity contribution >= 4 is 33.6 Å². The molecular formula is C83H146O16P2. The Morgan fingerprint density at radius 1 is 0.287 bits per heavy atom. The Morgan fingerprint density at radius 3 is 0.861 bits per heavy atom. The van der Waals surface area contributed by atoms with Gasteiger partial charge in [0.25, 0.3) is 0 Å². The van der Waals surface area contributed by atoms with Gasteiger partial charge in [-0.25, -0.2) is 9.13 Å². The van der Waals surface area contributed by atoms with E-state index in [1.54, 1.807) is 0 Å². The van der Waals surface area contributed by atoms with Crippen LogP contribution in [0.2, 0.25) is 0 Å². The fraction of sp³-hybridized carbons (Fsp3) is 0.747. The Labute approximate surface area is 615 Å². The van der Waals surface area contributed by atoms with Crippen LogP contribution in [0.5, 0.6) is 0 Å². The number of unbranched alkanes of at least 4 members (excludes halogenated alkanes) is 35. The Bertz CT molecular complexity index is 2270. The zero-order valence-corrected chi connectivity index (χ0v) is 65.6. The van der Waals surface area contributed by atoms with Crippen LogP contribution in [0.15, 0.2) is 109 Å². The average Bonchev–Trinajstić information content (AvgIpc) is 0.944. The molecule has 4 N–H and O–H groups in total. The summed E-state index contributed by atoms with van der Waals surface area (Å²) < 4.78 is 61.1. The number of hydrogen-bond acceptors (Lipinski definition) is 14. The summed E-state index contributed by atoms with van der Waals surface area (Å²) in [6.45, 7) is 2.52. The van der Waals surface area contributed by atoms with Crippen LogP contribution < -0.4 is 0 Å². The van der Waals surface area contributed by atoms with E-state index in [-0.39, 0.29) is 19.3 Å². The third-order valence-corrected chi connectivity index (χ3v) is 18.9. The minimum atomic E-state index is -4.93. The molecule has 101 heavy (non-hydrogen) atoms. The number of aliphatic hydroxyl groups is 2. The van der Waals surface area contributed by atoms with Gasteiger partial charge in [0, 0.05) is 19.3 Å². The summed E-state index contributed by atoms with van der Waals surface area (Å²) in [5.74, 6) is -1.60. The standard InChI is InChI=1S/C83H146O16P2/c1-4-7-10-13-16-19-22-25-28-30-31-32-33-34-35-36-37-38-39-40-41-42-43-44-45-47-50-51-54-57-60-63-66-69-81(86)93-72-78(84)73-95-100(89,90)96-74-79(85)75-97-101(91,92)98-77-80(99-83(88)71-68-65-62-59-56-53-48-27-24-21-18-15-12-9-6-3)76-94-82(87)70-67-64-61-58-55-52-49-46-29-26-23-20-17-14-11-8-5-2/h8,11,16-17,19-20,25-29,31-32,34-35,48-49,52,78-80,84-85H,4-7,9-10,12-15,18,21-24,30,33,36-47,50-51,53-77H2,1-3H3,(H,89,90)(H,91,92)/b11-8-,19-16-,20-17-,28-25-,29-26-,32-31-,35-34-,48-27-,52-49-. The molecule has 18 heteroatoms. The second-order valence-electron chi connectivity index (χ2n) is 26.8. The smallest absolute Gasteiger partial charge is 0.463 e. The largest absolute Gasteiger partial charge is 0.472 e. The van der Waals surface area contributed by atoms with E-state index < -0.39 is 91.5 Å². The van der Waals surface area contributed by atoms with E-state index in [0.29, 0.717) is 19.3 Å². The first kappa shape index (κ1) is 97.2. The number of esters is 3. The van der Waals surface area contributed by atoms with Crippen molar-refractivity contribution in [3.8, 4) is 0 Å². The second kappa shape index (κ2) is 75.9. The van der Waals surface area contributed by atoms with Crippen molar-refractivity contribution in [1.29, 1.82) is 0 Å². The molecule has 0 radical (unpaired) electrons. The SMILES string of the molecule is CC/C=C\C/C=C\C/C=C\C/C=C\CCCCCCC(=O)OCC(COP(=O)(O)OCC(O)COP(=O)(O)OCC(O)COC(=O)CCCCCCCCCCCCCCCCCCC/C=C\C/C=C\C/C=C\C/C=C\CCCCC)OC(=O)CCCCCCC/C=C\CCCCCCCC. The number of phosphoric acid groups is 2. The number of ether oxygens (including phenoxy) is 3. The summed E-state index contributed by atoms with van der Waals surface area (Å²) in [4.78, 5) is 58.6. The van der Waals surface area contributed by atoms with Crippen LogP contribution in [0.25, 0.3) is 0 Å². The van der Waals surface area contributed by atoms with Gasteiger partial charge in [0.05, 0.1) is 26.4 Å². The molecule has 16 nitrogen and oxygen atoms in total. The molecule has 0 spiro atoms. The maximum atomic E-state index is 12.9. The number of rotatable bonds is 76. The molecule has 0 amide bonds. The van der Waals surface area contributed by atoms with E-state index >= 15 is 0 Å². The molecule has 5 atom stereocenters. The molecule has 0 aromatic heterocycles.